The van der Waals surface area contributed by atoms with Crippen LogP contribution in [0.15, 0.2) is 18.3 Å². The van der Waals surface area contributed by atoms with Crippen molar-refractivity contribution in [1.82, 2.24) is 14.6 Å². The van der Waals surface area contributed by atoms with Crippen molar-refractivity contribution in [3.05, 3.63) is 29.7 Å². The van der Waals surface area contributed by atoms with Crippen molar-refractivity contribution in [3.8, 4) is 0 Å². The van der Waals surface area contributed by atoms with Gasteiger partial charge in [-0.2, -0.15) is 0 Å². The second kappa shape index (κ2) is 3.80. The number of rotatable bonds is 2. The highest BCUT2D eigenvalue weighted by Gasteiger charge is 2.35. The van der Waals surface area contributed by atoms with Crippen LogP contribution in [0.1, 0.15) is 48.8 Å². The van der Waals surface area contributed by atoms with Crippen LogP contribution in [0.3, 0.4) is 0 Å². The maximum Gasteiger partial charge on any atom is 0.337 e. The van der Waals surface area contributed by atoms with Crippen LogP contribution in [0.5, 0.6) is 0 Å². The average molecular weight is 245 g/mol. The highest BCUT2D eigenvalue weighted by molar-refractivity contribution is 5.87. The van der Waals surface area contributed by atoms with Gasteiger partial charge < -0.3 is 5.11 Å². The number of pyridine rings is 1. The van der Waals surface area contributed by atoms with Gasteiger partial charge in [-0.3, -0.25) is 4.40 Å². The first-order valence-electron chi connectivity index (χ1n) is 6.19. The Morgan fingerprint density at radius 2 is 2.06 bits per heavy atom. The molecule has 3 rings (SSSR count). The van der Waals surface area contributed by atoms with E-state index in [4.69, 9.17) is 5.11 Å². The fourth-order valence-corrected chi connectivity index (χ4v) is 2.81. The SMILES string of the molecule is CC1(c2nnc3ccc(C(=O)O)cn23)CCCC1. The van der Waals surface area contributed by atoms with Crippen LogP contribution in [0.2, 0.25) is 0 Å². The third-order valence-electron chi connectivity index (χ3n) is 3.90. The predicted octanol–water partition coefficient (Wildman–Crippen LogP) is 2.26. The smallest absolute Gasteiger partial charge is 0.337 e. The molecule has 0 aliphatic heterocycles. The van der Waals surface area contributed by atoms with E-state index in [-0.39, 0.29) is 11.0 Å². The zero-order valence-electron chi connectivity index (χ0n) is 10.3. The van der Waals surface area contributed by atoms with E-state index in [0.29, 0.717) is 5.65 Å². The number of aromatic nitrogens is 3. The monoisotopic (exact) mass is 245 g/mol. The summed E-state index contributed by atoms with van der Waals surface area (Å²) in [5.74, 6) is -0.0359. The summed E-state index contributed by atoms with van der Waals surface area (Å²) in [6, 6.07) is 3.27. The minimum atomic E-state index is -0.923. The molecular formula is C13H15N3O2. The summed E-state index contributed by atoms with van der Waals surface area (Å²) >= 11 is 0. The molecule has 1 aliphatic carbocycles. The number of hydrogen-bond donors (Lipinski definition) is 1. The second-order valence-electron chi connectivity index (χ2n) is 5.24. The molecule has 0 spiro atoms. The van der Waals surface area contributed by atoms with Gasteiger partial charge >= 0.3 is 5.97 Å². The lowest BCUT2D eigenvalue weighted by Gasteiger charge is -2.20. The molecule has 2 aromatic heterocycles. The Hall–Kier alpha value is -1.91. The minimum Gasteiger partial charge on any atom is -0.478 e. The van der Waals surface area contributed by atoms with Gasteiger partial charge in [0.05, 0.1) is 5.56 Å². The van der Waals surface area contributed by atoms with Crippen molar-refractivity contribution in [3.63, 3.8) is 0 Å². The molecule has 94 valence electrons. The van der Waals surface area contributed by atoms with E-state index in [0.717, 1.165) is 18.7 Å². The van der Waals surface area contributed by atoms with Crippen molar-refractivity contribution < 1.29 is 9.90 Å². The van der Waals surface area contributed by atoms with E-state index in [1.165, 1.54) is 12.8 Å². The van der Waals surface area contributed by atoms with Crippen molar-refractivity contribution in [2.75, 3.05) is 0 Å². The standard InChI is InChI=1S/C13H15N3O2/c1-13(6-2-3-7-13)12-15-14-10-5-4-9(11(17)18)8-16(10)12/h4-5,8H,2-3,6-7H2,1H3,(H,17,18). The lowest BCUT2D eigenvalue weighted by atomic mass is 9.88. The Kier molecular flexibility index (Phi) is 2.36. The molecule has 0 unspecified atom stereocenters. The summed E-state index contributed by atoms with van der Waals surface area (Å²) in [6.45, 7) is 2.18. The first-order valence-corrected chi connectivity index (χ1v) is 6.19. The first kappa shape index (κ1) is 11.2. The first-order chi connectivity index (χ1) is 8.60. The van der Waals surface area contributed by atoms with Gasteiger partial charge in [-0.05, 0) is 25.0 Å². The summed E-state index contributed by atoms with van der Waals surface area (Å²) in [7, 11) is 0. The number of hydrogen-bond acceptors (Lipinski definition) is 3. The molecule has 0 aromatic carbocycles. The molecule has 1 N–H and O–H groups in total. The fraction of sp³-hybridized carbons (Fsp3) is 0.462. The number of carboxylic acids is 1. The molecule has 0 bridgehead atoms. The van der Waals surface area contributed by atoms with Crippen LogP contribution in [0.25, 0.3) is 5.65 Å². The van der Waals surface area contributed by atoms with Gasteiger partial charge in [-0.15, -0.1) is 10.2 Å². The zero-order chi connectivity index (χ0) is 12.8. The molecule has 2 aromatic rings. The predicted molar refractivity (Wildman–Crippen MR) is 65.8 cm³/mol. The third-order valence-corrected chi connectivity index (χ3v) is 3.90. The Balaban J connectivity index is 2.17. The molecule has 1 saturated carbocycles. The van der Waals surface area contributed by atoms with Crippen molar-refractivity contribution >= 4 is 11.6 Å². The van der Waals surface area contributed by atoms with Crippen molar-refractivity contribution in [2.24, 2.45) is 0 Å². The van der Waals surface area contributed by atoms with Crippen LogP contribution in [0, 0.1) is 0 Å². The molecular weight excluding hydrogens is 230 g/mol. The van der Waals surface area contributed by atoms with E-state index >= 15 is 0 Å². The summed E-state index contributed by atoms with van der Waals surface area (Å²) in [4.78, 5) is 11.0. The van der Waals surface area contributed by atoms with Gasteiger partial charge in [-0.1, -0.05) is 19.8 Å². The zero-order valence-corrected chi connectivity index (χ0v) is 10.3. The molecule has 5 heteroatoms. The number of aromatic carboxylic acids is 1. The van der Waals surface area contributed by atoms with Crippen molar-refractivity contribution in [2.45, 2.75) is 38.0 Å². The molecule has 5 nitrogen and oxygen atoms in total. The number of carboxylic acid groups (broad SMARTS) is 1. The number of nitrogens with zero attached hydrogens (tertiary/aromatic N) is 3. The van der Waals surface area contributed by atoms with Gasteiger partial charge in [0.25, 0.3) is 0 Å². The summed E-state index contributed by atoms with van der Waals surface area (Å²) in [6.07, 6.45) is 6.20. The average Bonchev–Trinajstić information content (AvgIpc) is 2.94. The maximum absolute atomic E-state index is 11.0. The molecule has 1 aliphatic rings. The summed E-state index contributed by atoms with van der Waals surface area (Å²) < 4.78 is 1.83. The number of carbonyl (C=O) groups is 1. The van der Waals surface area contributed by atoms with E-state index in [1.54, 1.807) is 18.3 Å². The van der Waals surface area contributed by atoms with Crippen LogP contribution in [-0.2, 0) is 5.41 Å². The third kappa shape index (κ3) is 1.58. The van der Waals surface area contributed by atoms with Crippen LogP contribution >= 0.6 is 0 Å². The Morgan fingerprint density at radius 3 is 2.72 bits per heavy atom. The van der Waals surface area contributed by atoms with Gasteiger partial charge in [0.1, 0.15) is 5.82 Å². The van der Waals surface area contributed by atoms with Crippen molar-refractivity contribution in [1.29, 1.82) is 0 Å². The van der Waals surface area contributed by atoms with E-state index in [2.05, 4.69) is 17.1 Å². The Morgan fingerprint density at radius 1 is 1.33 bits per heavy atom. The lowest BCUT2D eigenvalue weighted by Crippen LogP contribution is -2.21. The minimum absolute atomic E-state index is 0.0243. The highest BCUT2D eigenvalue weighted by Crippen LogP contribution is 2.39. The molecule has 18 heavy (non-hydrogen) atoms. The topological polar surface area (TPSA) is 67.5 Å². The highest BCUT2D eigenvalue weighted by atomic mass is 16.4. The second-order valence-corrected chi connectivity index (χ2v) is 5.24. The maximum atomic E-state index is 11.0. The summed E-state index contributed by atoms with van der Waals surface area (Å²) in [5, 5.41) is 17.4. The van der Waals surface area contributed by atoms with Gasteiger partial charge in [0.15, 0.2) is 5.65 Å². The quantitative estimate of drug-likeness (QED) is 0.881. The fourth-order valence-electron chi connectivity index (χ4n) is 2.81. The molecule has 2 heterocycles. The van der Waals surface area contributed by atoms with E-state index in [1.807, 2.05) is 4.40 Å². The van der Waals surface area contributed by atoms with Crippen LogP contribution in [-0.4, -0.2) is 25.7 Å². The van der Waals surface area contributed by atoms with E-state index < -0.39 is 5.97 Å². The number of fused-ring (bicyclic) bond motifs is 1. The van der Waals surface area contributed by atoms with Gasteiger partial charge in [0, 0.05) is 11.6 Å². The molecule has 0 amide bonds. The normalized spacial score (nSPS) is 18.3. The van der Waals surface area contributed by atoms with Crippen LogP contribution < -0.4 is 0 Å². The molecule has 1 fully saturated rings. The Bertz CT molecular complexity index is 612. The van der Waals surface area contributed by atoms with Gasteiger partial charge in [-0.25, -0.2) is 4.79 Å². The molecule has 0 saturated heterocycles. The van der Waals surface area contributed by atoms with E-state index in [9.17, 15) is 4.79 Å². The Labute approximate surface area is 104 Å². The molecule has 0 radical (unpaired) electrons. The summed E-state index contributed by atoms with van der Waals surface area (Å²) in [5.41, 5.74) is 1.00. The van der Waals surface area contributed by atoms with Crippen LogP contribution in [0.4, 0.5) is 0 Å². The lowest BCUT2D eigenvalue weighted by molar-refractivity contribution is 0.0696. The largest absolute Gasteiger partial charge is 0.478 e. The van der Waals surface area contributed by atoms with Gasteiger partial charge in [0.2, 0.25) is 0 Å². The molecule has 0 atom stereocenters.